The number of hydrogen-bond acceptors (Lipinski definition) is 3. The molecular weight excluding hydrogens is 204 g/mol. The van der Waals surface area contributed by atoms with Crippen LogP contribution in [0, 0.1) is 0 Å². The van der Waals surface area contributed by atoms with Crippen molar-refractivity contribution in [2.45, 2.75) is 38.1 Å². The van der Waals surface area contributed by atoms with Crippen LogP contribution >= 0.6 is 0 Å². The Labute approximate surface area is 97.2 Å². The Morgan fingerprint density at radius 1 is 1.12 bits per heavy atom. The summed E-state index contributed by atoms with van der Waals surface area (Å²) in [6.07, 6.45) is 5.69. The minimum atomic E-state index is 0.188. The molecule has 2 heterocycles. The highest BCUT2D eigenvalue weighted by Gasteiger charge is 2.27. The SMILES string of the molecule is O=C(CN1CCC[C@@H]1CO)N1CCCCC1. The summed E-state index contributed by atoms with van der Waals surface area (Å²) in [5.74, 6) is 0.250. The van der Waals surface area contributed by atoms with Gasteiger partial charge in [0.15, 0.2) is 0 Å². The second kappa shape index (κ2) is 5.64. The van der Waals surface area contributed by atoms with Gasteiger partial charge in [0.2, 0.25) is 5.91 Å². The van der Waals surface area contributed by atoms with Crippen LogP contribution in [0.1, 0.15) is 32.1 Å². The molecule has 0 aliphatic carbocycles. The summed E-state index contributed by atoms with van der Waals surface area (Å²) in [5.41, 5.74) is 0. The summed E-state index contributed by atoms with van der Waals surface area (Å²) in [7, 11) is 0. The third kappa shape index (κ3) is 2.74. The number of aliphatic hydroxyl groups is 1. The summed E-state index contributed by atoms with van der Waals surface area (Å²) in [5, 5.41) is 9.19. The van der Waals surface area contributed by atoms with Gasteiger partial charge in [0.05, 0.1) is 13.2 Å². The molecule has 2 rings (SSSR count). The normalized spacial score (nSPS) is 27.3. The van der Waals surface area contributed by atoms with E-state index in [1.165, 1.54) is 6.42 Å². The maximum atomic E-state index is 12.0. The molecule has 1 atom stereocenters. The molecule has 1 amide bonds. The molecule has 4 nitrogen and oxygen atoms in total. The van der Waals surface area contributed by atoms with Gasteiger partial charge in [-0.15, -0.1) is 0 Å². The highest BCUT2D eigenvalue weighted by atomic mass is 16.3. The molecule has 0 unspecified atom stereocenters. The van der Waals surface area contributed by atoms with Gasteiger partial charge in [-0.2, -0.15) is 0 Å². The zero-order chi connectivity index (χ0) is 11.4. The van der Waals surface area contributed by atoms with Crippen molar-refractivity contribution in [1.29, 1.82) is 0 Å². The zero-order valence-corrected chi connectivity index (χ0v) is 9.90. The minimum Gasteiger partial charge on any atom is -0.395 e. The van der Waals surface area contributed by atoms with Crippen LogP contribution in [0.15, 0.2) is 0 Å². The largest absolute Gasteiger partial charge is 0.395 e. The van der Waals surface area contributed by atoms with Crippen molar-refractivity contribution >= 4 is 5.91 Å². The lowest BCUT2D eigenvalue weighted by Gasteiger charge is -2.30. The highest BCUT2D eigenvalue weighted by Crippen LogP contribution is 2.17. The first-order valence-corrected chi connectivity index (χ1v) is 6.44. The van der Waals surface area contributed by atoms with E-state index in [2.05, 4.69) is 4.90 Å². The Hall–Kier alpha value is -0.610. The van der Waals surface area contributed by atoms with Crippen LogP contribution in [0.3, 0.4) is 0 Å². The number of likely N-dealkylation sites (tertiary alicyclic amines) is 2. The van der Waals surface area contributed by atoms with Crippen LogP contribution in [-0.2, 0) is 4.79 Å². The summed E-state index contributed by atoms with van der Waals surface area (Å²) < 4.78 is 0. The summed E-state index contributed by atoms with van der Waals surface area (Å²) >= 11 is 0. The van der Waals surface area contributed by atoms with Crippen LogP contribution in [-0.4, -0.2) is 59.6 Å². The lowest BCUT2D eigenvalue weighted by molar-refractivity contribution is -0.133. The number of hydrogen-bond donors (Lipinski definition) is 1. The third-order valence-corrected chi connectivity index (χ3v) is 3.76. The third-order valence-electron chi connectivity index (χ3n) is 3.76. The number of carbonyl (C=O) groups excluding carboxylic acids is 1. The Kier molecular flexibility index (Phi) is 4.18. The Morgan fingerprint density at radius 2 is 1.88 bits per heavy atom. The Balaban J connectivity index is 1.81. The average molecular weight is 226 g/mol. The molecule has 0 aromatic carbocycles. The topological polar surface area (TPSA) is 43.8 Å². The fraction of sp³-hybridized carbons (Fsp3) is 0.917. The van der Waals surface area contributed by atoms with E-state index in [9.17, 15) is 9.90 Å². The van der Waals surface area contributed by atoms with E-state index in [4.69, 9.17) is 0 Å². The monoisotopic (exact) mass is 226 g/mol. The lowest BCUT2D eigenvalue weighted by Crippen LogP contribution is -2.44. The molecule has 0 saturated carbocycles. The van der Waals surface area contributed by atoms with Gasteiger partial charge in [0.1, 0.15) is 0 Å². The van der Waals surface area contributed by atoms with Crippen molar-refractivity contribution in [2.75, 3.05) is 32.8 Å². The highest BCUT2D eigenvalue weighted by molar-refractivity contribution is 5.78. The second-order valence-corrected chi connectivity index (χ2v) is 4.89. The smallest absolute Gasteiger partial charge is 0.236 e. The first-order chi connectivity index (χ1) is 7.81. The molecule has 0 radical (unpaired) electrons. The molecule has 16 heavy (non-hydrogen) atoms. The van der Waals surface area contributed by atoms with Gasteiger partial charge in [-0.3, -0.25) is 9.69 Å². The van der Waals surface area contributed by atoms with Gasteiger partial charge in [-0.05, 0) is 38.6 Å². The van der Waals surface area contributed by atoms with Crippen LogP contribution in [0.5, 0.6) is 0 Å². The van der Waals surface area contributed by atoms with Crippen LogP contribution < -0.4 is 0 Å². The molecule has 1 N–H and O–H groups in total. The first kappa shape index (κ1) is 11.9. The van der Waals surface area contributed by atoms with Crippen molar-refractivity contribution < 1.29 is 9.90 Å². The van der Waals surface area contributed by atoms with Crippen molar-refractivity contribution in [3.8, 4) is 0 Å². The molecule has 2 saturated heterocycles. The van der Waals surface area contributed by atoms with E-state index in [-0.39, 0.29) is 18.6 Å². The van der Waals surface area contributed by atoms with Gasteiger partial charge in [0.25, 0.3) is 0 Å². The first-order valence-electron chi connectivity index (χ1n) is 6.44. The maximum absolute atomic E-state index is 12.0. The Morgan fingerprint density at radius 3 is 2.56 bits per heavy atom. The number of carbonyl (C=O) groups is 1. The van der Waals surface area contributed by atoms with Crippen molar-refractivity contribution in [1.82, 2.24) is 9.80 Å². The van der Waals surface area contributed by atoms with Gasteiger partial charge >= 0.3 is 0 Å². The second-order valence-electron chi connectivity index (χ2n) is 4.89. The minimum absolute atomic E-state index is 0.188. The quantitative estimate of drug-likeness (QED) is 0.760. The summed E-state index contributed by atoms with van der Waals surface area (Å²) in [4.78, 5) is 16.1. The van der Waals surface area contributed by atoms with E-state index >= 15 is 0 Å². The number of aliphatic hydroxyl groups excluding tert-OH is 1. The van der Waals surface area contributed by atoms with Crippen LogP contribution in [0.4, 0.5) is 0 Å². The number of piperidine rings is 1. The van der Waals surface area contributed by atoms with Crippen molar-refractivity contribution in [2.24, 2.45) is 0 Å². The van der Waals surface area contributed by atoms with E-state index in [0.717, 1.165) is 45.3 Å². The molecule has 2 fully saturated rings. The molecule has 2 aliphatic rings. The fourth-order valence-corrected chi connectivity index (χ4v) is 2.73. The van der Waals surface area contributed by atoms with E-state index in [0.29, 0.717) is 6.54 Å². The number of rotatable bonds is 3. The van der Waals surface area contributed by atoms with Gasteiger partial charge in [-0.25, -0.2) is 0 Å². The predicted octanol–water partition coefficient (Wildman–Crippen LogP) is 0.456. The summed E-state index contributed by atoms with van der Waals surface area (Å²) in [6.45, 7) is 3.51. The number of amides is 1. The molecule has 0 spiro atoms. The maximum Gasteiger partial charge on any atom is 0.236 e. The lowest BCUT2D eigenvalue weighted by atomic mass is 10.1. The molecule has 92 valence electrons. The molecule has 4 heteroatoms. The molecule has 0 aromatic heterocycles. The Bertz CT molecular complexity index is 239. The van der Waals surface area contributed by atoms with E-state index < -0.39 is 0 Å². The van der Waals surface area contributed by atoms with Gasteiger partial charge in [0, 0.05) is 19.1 Å². The predicted molar refractivity (Wildman–Crippen MR) is 62.1 cm³/mol. The molecule has 0 aromatic rings. The van der Waals surface area contributed by atoms with Crippen molar-refractivity contribution in [3.63, 3.8) is 0 Å². The van der Waals surface area contributed by atoms with E-state index in [1.54, 1.807) is 0 Å². The number of nitrogens with zero attached hydrogens (tertiary/aromatic N) is 2. The summed E-state index contributed by atoms with van der Waals surface area (Å²) in [6, 6.07) is 0.216. The fourth-order valence-electron chi connectivity index (χ4n) is 2.73. The molecular formula is C12H22N2O2. The average Bonchev–Trinajstić information content (AvgIpc) is 2.77. The zero-order valence-electron chi connectivity index (χ0n) is 9.90. The van der Waals surface area contributed by atoms with Crippen LogP contribution in [0.2, 0.25) is 0 Å². The van der Waals surface area contributed by atoms with Crippen molar-refractivity contribution in [3.05, 3.63) is 0 Å². The molecule has 2 aliphatic heterocycles. The van der Waals surface area contributed by atoms with Gasteiger partial charge < -0.3 is 10.0 Å². The van der Waals surface area contributed by atoms with Gasteiger partial charge in [-0.1, -0.05) is 0 Å². The van der Waals surface area contributed by atoms with Crippen LogP contribution in [0.25, 0.3) is 0 Å². The molecule has 0 bridgehead atoms. The van der Waals surface area contributed by atoms with E-state index in [1.807, 2.05) is 4.90 Å². The standard InChI is InChI=1S/C12H22N2O2/c15-10-11-5-4-8-14(11)9-12(16)13-6-2-1-3-7-13/h11,15H,1-10H2/t11-/m1/s1.